The Morgan fingerprint density at radius 1 is 1.37 bits per heavy atom. The van der Waals surface area contributed by atoms with Crippen LogP contribution in [-0.2, 0) is 30.2 Å². The largest absolute Gasteiger partial charge is 0.447 e. The van der Waals surface area contributed by atoms with E-state index in [0.29, 0.717) is 18.8 Å². The number of aryl methyl sites for hydroxylation is 1. The third kappa shape index (κ3) is 3.22. The molecule has 0 aromatic carbocycles. The van der Waals surface area contributed by atoms with Gasteiger partial charge in [0.2, 0.25) is 5.09 Å². The van der Waals surface area contributed by atoms with E-state index in [4.69, 9.17) is 4.42 Å². The molecule has 0 aliphatic rings. The van der Waals surface area contributed by atoms with Crippen molar-refractivity contribution in [2.24, 2.45) is 7.05 Å². The minimum atomic E-state index is -3.51. The normalized spacial score (nSPS) is 11.9. The average molecular weight is 284 g/mol. The Labute approximate surface area is 111 Å². The maximum Gasteiger partial charge on any atom is 0.273 e. The quantitative estimate of drug-likeness (QED) is 0.791. The average Bonchev–Trinajstić information content (AvgIpc) is 3.00. The van der Waals surface area contributed by atoms with Crippen molar-refractivity contribution in [2.75, 3.05) is 7.05 Å². The van der Waals surface area contributed by atoms with Crippen LogP contribution < -0.4 is 10.0 Å². The topological polar surface area (TPSA) is 89.2 Å². The van der Waals surface area contributed by atoms with E-state index in [1.807, 2.05) is 17.8 Å². The molecule has 0 fully saturated rings. The lowest BCUT2D eigenvalue weighted by molar-refractivity contribution is 0.399. The van der Waals surface area contributed by atoms with E-state index in [1.54, 1.807) is 12.3 Å². The van der Waals surface area contributed by atoms with Gasteiger partial charge in [-0.2, -0.15) is 0 Å². The molecule has 2 N–H and O–H groups in total. The van der Waals surface area contributed by atoms with Gasteiger partial charge in [-0.05, 0) is 19.2 Å². The third-order valence-electron chi connectivity index (χ3n) is 2.67. The van der Waals surface area contributed by atoms with E-state index in [9.17, 15) is 8.42 Å². The highest BCUT2D eigenvalue weighted by Gasteiger charge is 2.16. The summed E-state index contributed by atoms with van der Waals surface area (Å²) in [6, 6.07) is 3.07. The molecular formula is C11H16N4O3S. The van der Waals surface area contributed by atoms with Crippen molar-refractivity contribution in [3.05, 3.63) is 36.1 Å². The lowest BCUT2D eigenvalue weighted by Gasteiger charge is -2.03. The lowest BCUT2D eigenvalue weighted by Crippen LogP contribution is -2.18. The maximum atomic E-state index is 11.5. The summed E-state index contributed by atoms with van der Waals surface area (Å²) in [4.78, 5) is 4.17. The molecule has 0 bridgehead atoms. The number of furan rings is 1. The van der Waals surface area contributed by atoms with Crippen LogP contribution in [0.1, 0.15) is 11.6 Å². The van der Waals surface area contributed by atoms with Crippen molar-refractivity contribution >= 4 is 10.0 Å². The zero-order valence-corrected chi connectivity index (χ0v) is 11.6. The second kappa shape index (κ2) is 5.55. The molecule has 2 aromatic heterocycles. The number of nitrogens with one attached hydrogen (secondary N) is 2. The first-order valence-electron chi connectivity index (χ1n) is 5.72. The van der Waals surface area contributed by atoms with Crippen LogP contribution in [0.25, 0.3) is 0 Å². The Balaban J connectivity index is 1.93. The summed E-state index contributed by atoms with van der Waals surface area (Å²) in [7, 11) is -0.258. The third-order valence-corrected chi connectivity index (χ3v) is 3.96. The Morgan fingerprint density at radius 3 is 2.79 bits per heavy atom. The Hall–Kier alpha value is -1.64. The zero-order valence-electron chi connectivity index (χ0n) is 10.8. The molecule has 0 saturated carbocycles. The summed E-state index contributed by atoms with van der Waals surface area (Å²) >= 11 is 0. The summed E-state index contributed by atoms with van der Waals surface area (Å²) < 4.78 is 32.3. The van der Waals surface area contributed by atoms with Crippen LogP contribution in [0.2, 0.25) is 0 Å². The van der Waals surface area contributed by atoms with Gasteiger partial charge in [-0.15, -0.1) is 0 Å². The van der Waals surface area contributed by atoms with Gasteiger partial charge in [0.15, 0.2) is 0 Å². The first-order valence-corrected chi connectivity index (χ1v) is 7.20. The number of sulfonamides is 1. The molecule has 0 spiro atoms. The van der Waals surface area contributed by atoms with E-state index >= 15 is 0 Å². The van der Waals surface area contributed by atoms with Crippen LogP contribution in [0.4, 0.5) is 0 Å². The zero-order chi connectivity index (χ0) is 13.9. The van der Waals surface area contributed by atoms with Gasteiger partial charge in [0.05, 0.1) is 13.1 Å². The molecule has 0 unspecified atom stereocenters. The van der Waals surface area contributed by atoms with Crippen molar-refractivity contribution in [3.63, 3.8) is 0 Å². The van der Waals surface area contributed by atoms with Crippen molar-refractivity contribution in [1.82, 2.24) is 19.6 Å². The fraction of sp³-hybridized carbons (Fsp3) is 0.364. The Bertz CT molecular complexity index is 644. The molecule has 0 radical (unpaired) electrons. The monoisotopic (exact) mass is 284 g/mol. The van der Waals surface area contributed by atoms with Gasteiger partial charge in [0.25, 0.3) is 10.0 Å². The fourth-order valence-corrected chi connectivity index (χ4v) is 2.23. The maximum absolute atomic E-state index is 11.5. The summed E-state index contributed by atoms with van der Waals surface area (Å²) in [5.41, 5.74) is 0. The van der Waals surface area contributed by atoms with Crippen LogP contribution in [0.15, 0.2) is 34.0 Å². The first-order chi connectivity index (χ1) is 9.03. The van der Waals surface area contributed by atoms with Gasteiger partial charge in [-0.1, -0.05) is 0 Å². The summed E-state index contributed by atoms with van der Waals surface area (Å²) in [5.74, 6) is 1.46. The van der Waals surface area contributed by atoms with E-state index < -0.39 is 10.0 Å². The van der Waals surface area contributed by atoms with Crippen LogP contribution in [0.5, 0.6) is 0 Å². The van der Waals surface area contributed by atoms with Gasteiger partial charge in [-0.3, -0.25) is 0 Å². The number of hydrogen-bond donors (Lipinski definition) is 2. The lowest BCUT2D eigenvalue weighted by atomic mass is 10.4. The highest BCUT2D eigenvalue weighted by Crippen LogP contribution is 2.13. The number of nitrogens with zero attached hydrogens (tertiary/aromatic N) is 2. The van der Waals surface area contributed by atoms with Crippen LogP contribution >= 0.6 is 0 Å². The molecule has 2 rings (SSSR count). The fourth-order valence-electron chi connectivity index (χ4n) is 1.56. The predicted octanol–water partition coefficient (Wildman–Crippen LogP) is 0.211. The number of imidazole rings is 1. The van der Waals surface area contributed by atoms with Gasteiger partial charge >= 0.3 is 0 Å². The summed E-state index contributed by atoms with van der Waals surface area (Å²) in [5, 5.41) is 3.06. The van der Waals surface area contributed by atoms with Gasteiger partial charge in [0.1, 0.15) is 11.6 Å². The second-order valence-electron chi connectivity index (χ2n) is 3.99. The number of hydrogen-bond acceptors (Lipinski definition) is 5. The van der Waals surface area contributed by atoms with E-state index in [0.717, 1.165) is 5.82 Å². The molecular weight excluding hydrogens is 268 g/mol. The minimum absolute atomic E-state index is 0.0798. The highest BCUT2D eigenvalue weighted by molar-refractivity contribution is 7.89. The molecule has 2 heterocycles. The van der Waals surface area contributed by atoms with Gasteiger partial charge in [-0.25, -0.2) is 18.1 Å². The van der Waals surface area contributed by atoms with E-state index in [1.165, 1.54) is 13.1 Å². The van der Waals surface area contributed by atoms with Crippen molar-refractivity contribution in [3.8, 4) is 0 Å². The molecule has 7 nitrogen and oxygen atoms in total. The smallest absolute Gasteiger partial charge is 0.273 e. The molecule has 104 valence electrons. The number of rotatable bonds is 6. The molecule has 0 atom stereocenters. The first kappa shape index (κ1) is 13.8. The highest BCUT2D eigenvalue weighted by atomic mass is 32.2. The van der Waals surface area contributed by atoms with Crippen molar-refractivity contribution in [2.45, 2.75) is 18.2 Å². The summed E-state index contributed by atoms with van der Waals surface area (Å²) in [6.45, 7) is 1.02. The van der Waals surface area contributed by atoms with E-state index in [2.05, 4.69) is 15.0 Å². The molecule has 0 saturated heterocycles. The van der Waals surface area contributed by atoms with Gasteiger partial charge in [0, 0.05) is 19.4 Å². The molecule has 0 amide bonds. The van der Waals surface area contributed by atoms with Crippen LogP contribution in [0.3, 0.4) is 0 Å². The Morgan fingerprint density at radius 2 is 2.16 bits per heavy atom. The van der Waals surface area contributed by atoms with Crippen LogP contribution in [-0.4, -0.2) is 25.0 Å². The van der Waals surface area contributed by atoms with E-state index in [-0.39, 0.29) is 5.09 Å². The SMILES string of the molecule is CNS(=O)(=O)c1ccc(CNCc2nccn2C)o1. The van der Waals surface area contributed by atoms with Crippen LogP contribution in [0, 0.1) is 0 Å². The molecule has 2 aromatic rings. The molecule has 0 aliphatic carbocycles. The van der Waals surface area contributed by atoms with Gasteiger partial charge < -0.3 is 14.3 Å². The minimum Gasteiger partial charge on any atom is -0.447 e. The molecule has 0 aliphatic heterocycles. The standard InChI is InChI=1S/C11H16N4O3S/c1-12-19(16,17)11-4-3-9(18-11)7-13-8-10-14-5-6-15(10)2/h3-6,12-13H,7-8H2,1-2H3. The molecule has 19 heavy (non-hydrogen) atoms. The van der Waals surface area contributed by atoms with Crippen molar-refractivity contribution < 1.29 is 12.8 Å². The number of aromatic nitrogens is 2. The Kier molecular flexibility index (Phi) is 4.03. The second-order valence-corrected chi connectivity index (χ2v) is 5.80. The molecule has 8 heteroatoms. The van der Waals surface area contributed by atoms with Crippen molar-refractivity contribution in [1.29, 1.82) is 0 Å². The summed E-state index contributed by atoms with van der Waals surface area (Å²) in [6.07, 6.45) is 3.59. The predicted molar refractivity (Wildman–Crippen MR) is 68.7 cm³/mol.